The molecule has 8 heteroatoms. The zero-order chi connectivity index (χ0) is 18.2. The SMILES string of the molecule is COC1=CC=C(C(N[C-]=O)C2C=CC(OCC(=O)O)=CC2)C(OC)C1.[Fm]. The van der Waals surface area contributed by atoms with Gasteiger partial charge in [-0.15, -0.1) is 0 Å². The number of carbonyl (C=O) groups excluding carboxylic acids is 1. The molecule has 0 spiro atoms. The number of allylic oxidation sites excluding steroid dienone is 4. The van der Waals surface area contributed by atoms with Gasteiger partial charge in [0.1, 0.15) is 5.76 Å². The van der Waals surface area contributed by atoms with Crippen molar-refractivity contribution in [2.24, 2.45) is 5.92 Å². The summed E-state index contributed by atoms with van der Waals surface area (Å²) >= 11 is 0. The molecule has 0 fully saturated rings. The maximum absolute atomic E-state index is 11.0. The topological polar surface area (TPSA) is 94.1 Å². The third-order valence-electron chi connectivity index (χ3n) is 4.23. The van der Waals surface area contributed by atoms with Crippen LogP contribution in [0.15, 0.2) is 47.5 Å². The van der Waals surface area contributed by atoms with Crippen molar-refractivity contribution in [3.63, 3.8) is 0 Å². The first kappa shape index (κ1) is 20.5. The maximum Gasteiger partial charge on any atom is 0.341 e. The minimum absolute atomic E-state index is 0. The summed E-state index contributed by atoms with van der Waals surface area (Å²) in [7, 11) is 3.23. The van der Waals surface area contributed by atoms with Gasteiger partial charge < -0.3 is 29.4 Å². The summed E-state index contributed by atoms with van der Waals surface area (Å²) in [5.41, 5.74) is 0.935. The summed E-state index contributed by atoms with van der Waals surface area (Å²) in [5.74, 6) is 0.283. The first-order chi connectivity index (χ1) is 12.1. The second-order valence-electron chi connectivity index (χ2n) is 5.70. The molecule has 0 saturated heterocycles. The van der Waals surface area contributed by atoms with Crippen LogP contribution in [-0.4, -0.2) is 50.5 Å². The molecule has 0 saturated carbocycles. The van der Waals surface area contributed by atoms with Gasteiger partial charge in [0.15, 0.2) is 6.61 Å². The molecule has 0 aliphatic heterocycles. The number of hydrogen-bond acceptors (Lipinski definition) is 5. The van der Waals surface area contributed by atoms with E-state index in [0.717, 1.165) is 11.3 Å². The number of aliphatic carboxylic acids is 1. The molecule has 148 valence electrons. The number of carboxylic acids is 1. The van der Waals surface area contributed by atoms with E-state index in [1.165, 1.54) is 0 Å². The fourth-order valence-electron chi connectivity index (χ4n) is 2.96. The Morgan fingerprint density at radius 2 is 2.19 bits per heavy atom. The Kier molecular flexibility index (Phi) is 7.64. The zero-order valence-corrected chi connectivity index (χ0v) is 16.9. The minimum atomic E-state index is -1.03. The number of hydrogen-bond donors (Lipinski definition) is 2. The summed E-state index contributed by atoms with van der Waals surface area (Å²) in [6.07, 6.45) is 12.0. The number of carbonyl (C=O) groups is 1. The predicted octanol–water partition coefficient (Wildman–Crippen LogP) is 1.45. The van der Waals surface area contributed by atoms with Gasteiger partial charge in [-0.3, -0.25) is 0 Å². The minimum Gasteiger partial charge on any atom is -0.524 e. The molecule has 0 radical (unpaired) electrons. The molecular formula is C18H22FmNO6-. The fourth-order valence-corrected chi connectivity index (χ4v) is 2.96. The predicted molar refractivity (Wildman–Crippen MR) is 90.1 cm³/mol. The van der Waals surface area contributed by atoms with Gasteiger partial charge in [0.2, 0.25) is 0 Å². The molecular weight excluding hydrogens is 583 g/mol. The Bertz CT molecular complexity index is 625. The quantitative estimate of drug-likeness (QED) is 0.306. The van der Waals surface area contributed by atoms with E-state index in [1.807, 2.05) is 24.3 Å². The second-order valence-corrected chi connectivity index (χ2v) is 5.70. The molecule has 2 aliphatic rings. The van der Waals surface area contributed by atoms with Crippen molar-refractivity contribution in [3.8, 4) is 0 Å². The van der Waals surface area contributed by atoms with Crippen LogP contribution in [0, 0.1) is 5.92 Å². The normalized spacial score (nSPS) is 22.8. The van der Waals surface area contributed by atoms with Gasteiger partial charge in [0.25, 0.3) is 0 Å². The summed E-state index contributed by atoms with van der Waals surface area (Å²) in [5, 5.41) is 11.4. The number of ether oxygens (including phenoxy) is 3. The van der Waals surface area contributed by atoms with Gasteiger partial charge in [0.05, 0.1) is 19.0 Å². The van der Waals surface area contributed by atoms with Crippen molar-refractivity contribution in [2.75, 3.05) is 20.8 Å². The van der Waals surface area contributed by atoms with E-state index in [9.17, 15) is 9.59 Å². The third kappa shape index (κ3) is 4.98. The number of nitrogens with one attached hydrogen (secondary N) is 1. The van der Waals surface area contributed by atoms with E-state index < -0.39 is 5.97 Å². The van der Waals surface area contributed by atoms with Crippen LogP contribution >= 0.6 is 0 Å². The number of rotatable bonds is 9. The molecule has 3 atom stereocenters. The average molecular weight is 605 g/mol. The molecule has 2 rings (SSSR count). The maximum atomic E-state index is 11.0. The standard InChI is InChI=1S/C18H22NO6.Fm/c1-23-14-7-8-15(16(9-14)24-2)18(19-11-20)12-3-5-13(6-4-12)25-10-17(21)22;/h3,5-8,12,16,18H,4,9-10H2,1-2H3,(H,19,20)(H,21,22);/q-1;. The molecule has 0 aromatic heterocycles. The van der Waals surface area contributed by atoms with Crippen molar-refractivity contribution in [1.29, 1.82) is 0 Å². The van der Waals surface area contributed by atoms with E-state index in [-0.39, 0.29) is 24.7 Å². The molecule has 1 amide bonds. The largest absolute Gasteiger partial charge is 0.524 e. The van der Waals surface area contributed by atoms with Crippen molar-refractivity contribution in [1.82, 2.24) is 5.32 Å². The number of carboxylic acid groups (broad SMARTS) is 1. The monoisotopic (exact) mass is 605 g/mol. The zero-order valence-electron chi connectivity index (χ0n) is 14.5. The van der Waals surface area contributed by atoms with E-state index in [4.69, 9.17) is 19.3 Å². The molecule has 7 nitrogen and oxygen atoms in total. The number of amides is 1. The van der Waals surface area contributed by atoms with Gasteiger partial charge in [0, 0.05) is 25.5 Å². The van der Waals surface area contributed by atoms with Gasteiger partial charge in [-0.05, 0) is 30.2 Å². The molecule has 2 N–H and O–H groups in total. The summed E-state index contributed by atoms with van der Waals surface area (Å²) in [4.78, 5) is 21.5. The molecule has 0 aromatic carbocycles. The van der Waals surface area contributed by atoms with Crippen LogP contribution in [0.4, 0.5) is 0 Å². The summed E-state index contributed by atoms with van der Waals surface area (Å²) < 4.78 is 16.0. The van der Waals surface area contributed by atoms with Crippen LogP contribution in [0.3, 0.4) is 0 Å². The summed E-state index contributed by atoms with van der Waals surface area (Å²) in [6, 6.07) is -0.286. The average Bonchev–Trinajstić information content (AvgIpc) is 2.64. The third-order valence-corrected chi connectivity index (χ3v) is 4.23. The Labute approximate surface area is 146 Å². The molecule has 2 aliphatic carbocycles. The van der Waals surface area contributed by atoms with Crippen LogP contribution in [0.1, 0.15) is 12.8 Å². The van der Waals surface area contributed by atoms with Gasteiger partial charge in [-0.1, -0.05) is 12.2 Å². The van der Waals surface area contributed by atoms with Gasteiger partial charge in [-0.2, -0.15) is 6.41 Å². The van der Waals surface area contributed by atoms with E-state index in [2.05, 4.69) is 5.32 Å². The molecule has 26 heavy (non-hydrogen) atoms. The van der Waals surface area contributed by atoms with Crippen LogP contribution in [0.2, 0.25) is 0 Å². The van der Waals surface area contributed by atoms with Crippen molar-refractivity contribution < 1.29 is 28.9 Å². The number of methoxy groups -OCH3 is 2. The van der Waals surface area contributed by atoms with Crippen LogP contribution in [0.25, 0.3) is 0 Å². The molecule has 3 unspecified atom stereocenters. The van der Waals surface area contributed by atoms with Crippen LogP contribution < -0.4 is 5.32 Å². The van der Waals surface area contributed by atoms with Crippen LogP contribution in [0.5, 0.6) is 0 Å². The fraction of sp³-hybridized carbons (Fsp3) is 0.444. The van der Waals surface area contributed by atoms with Gasteiger partial charge >= 0.3 is 5.97 Å². The Morgan fingerprint density at radius 3 is 2.73 bits per heavy atom. The second kappa shape index (κ2) is 9.68. The smallest absolute Gasteiger partial charge is 0.341 e. The Morgan fingerprint density at radius 1 is 1.42 bits per heavy atom. The molecule has 0 aromatic rings. The van der Waals surface area contributed by atoms with E-state index >= 15 is 0 Å². The van der Waals surface area contributed by atoms with Crippen LogP contribution in [-0.2, 0) is 23.8 Å². The first-order valence-electron chi connectivity index (χ1n) is 7.92. The molecule has 0 bridgehead atoms. The van der Waals surface area contributed by atoms with Crippen molar-refractivity contribution >= 4 is 12.4 Å². The Hall–Kier alpha value is -3.54. The summed E-state index contributed by atoms with van der Waals surface area (Å²) in [6.45, 7) is -0.383. The van der Waals surface area contributed by atoms with E-state index in [1.54, 1.807) is 26.7 Å². The van der Waals surface area contributed by atoms with Gasteiger partial charge in [-0.25, -0.2) is 4.79 Å². The Balaban J connectivity index is 0.00000338. The first-order valence-corrected chi connectivity index (χ1v) is 7.92. The van der Waals surface area contributed by atoms with Crippen molar-refractivity contribution in [3.05, 3.63) is 47.5 Å². The van der Waals surface area contributed by atoms with E-state index in [0.29, 0.717) is 18.6 Å². The molecule has 0 heterocycles. The van der Waals surface area contributed by atoms with Crippen molar-refractivity contribution in [2.45, 2.75) is 25.0 Å².